The Hall–Kier alpha value is -10.5. The quantitative estimate of drug-likeness (QED) is 0.129. The molecule has 0 saturated heterocycles. The Balaban J connectivity index is 0.920. The number of ether oxygens (including phenoxy) is 2. The summed E-state index contributed by atoms with van der Waals surface area (Å²) in [5.41, 5.74) is 2.77. The smallest absolute Gasteiger partial charge is 0.264 e. The lowest BCUT2D eigenvalue weighted by Gasteiger charge is -2.45. The molecule has 0 atom stereocenters. The fraction of sp³-hybridized carbons (Fsp3) is 0.0411. The van der Waals surface area contributed by atoms with Crippen molar-refractivity contribution in [2.75, 3.05) is 19.6 Å². The predicted octanol–water partition coefficient (Wildman–Crippen LogP) is 15.6. The van der Waals surface area contributed by atoms with Gasteiger partial charge < -0.3 is 29.1 Å². The minimum atomic E-state index is -1.08. The summed E-state index contributed by atoms with van der Waals surface area (Å²) in [4.78, 5) is 5.27. The van der Waals surface area contributed by atoms with Crippen molar-refractivity contribution in [2.45, 2.75) is 20.8 Å². The standard InChI is InChI=1S/C73H35B3F12N4O2S2/c1-30-16-51-63-53(18-30)91(68-43(83)12-6-13-44(68)84)70-61-47(87)22-33(77)24-59(61)95-72(70)75(63)35-26-37-55(28-49(35)89(51)66-39(79)8-4-9-40(66)80)93-57-20-32(3)21-58-65(57)74(37)38-27-36-50(29-56(38)94-58)90(67-41(81)10-5-11-42(67)82)52-17-31(2)19-54-64(52)76(36)73-71(62-48(88)23-34(78)25-60(62)96-73)92(54)69-45(85)14-7-15-46(69)86/h4-29H,1-3H3. The van der Waals surface area contributed by atoms with E-state index in [0.29, 0.717) is 67.6 Å². The molecule has 0 fully saturated rings. The zero-order chi connectivity index (χ0) is 65.7. The molecule has 0 N–H and O–H groups in total. The first-order chi connectivity index (χ1) is 46.3. The second-order valence-corrected chi connectivity index (χ2v) is 27.0. The van der Waals surface area contributed by atoms with Gasteiger partial charge in [-0.15, -0.1) is 22.7 Å². The highest BCUT2D eigenvalue weighted by Crippen LogP contribution is 2.54. The highest BCUT2D eigenvalue weighted by atomic mass is 32.1. The summed E-state index contributed by atoms with van der Waals surface area (Å²) in [5, 5.41) is -0.307. The van der Waals surface area contributed by atoms with Crippen LogP contribution in [0.1, 0.15) is 16.7 Å². The van der Waals surface area contributed by atoms with Gasteiger partial charge >= 0.3 is 0 Å². The summed E-state index contributed by atoms with van der Waals surface area (Å²) in [7, 11) is 0. The van der Waals surface area contributed by atoms with Crippen molar-refractivity contribution in [3.63, 3.8) is 0 Å². The Morgan fingerprint density at radius 1 is 0.292 bits per heavy atom. The van der Waals surface area contributed by atoms with Crippen LogP contribution in [0.2, 0.25) is 0 Å². The first-order valence-corrected chi connectivity index (χ1v) is 31.9. The largest absolute Gasteiger partial charge is 0.458 e. The number of para-hydroxylation sites is 4. The van der Waals surface area contributed by atoms with Crippen molar-refractivity contribution in [3.05, 3.63) is 244 Å². The SMILES string of the molecule is Cc1cc2c3c(c1)Oc1cc4c(cc1B3c1cc3c(cc1O2)N(c1c(F)cccc1F)c1cc(C)cc2c1B3c1sc3cc(F)cc(F)c3c1N2c1c(F)cccc1F)B1c2sc3cc(F)cc(F)c3c2N(c2c(F)cccc2F)c2cc(C)cc(c21)N4c1c(F)cccc1F. The molecule has 6 aliphatic rings. The number of thiophene rings is 2. The molecule has 23 heteroatoms. The lowest BCUT2D eigenvalue weighted by Crippen LogP contribution is -2.65. The molecule has 6 nitrogen and oxygen atoms in total. The van der Waals surface area contributed by atoms with Gasteiger partial charge in [-0.25, -0.2) is 52.7 Å². The zero-order valence-corrected chi connectivity index (χ0v) is 51.3. The van der Waals surface area contributed by atoms with Crippen LogP contribution in [0.3, 0.4) is 0 Å². The summed E-state index contributed by atoms with van der Waals surface area (Å²) >= 11 is 1.94. The number of nitrogens with zero attached hydrogens (tertiary/aromatic N) is 4. The van der Waals surface area contributed by atoms with Gasteiger partial charge in [-0.2, -0.15) is 0 Å². The maximum Gasteiger partial charge on any atom is 0.264 e. The van der Waals surface area contributed by atoms with Crippen molar-refractivity contribution in [1.82, 2.24) is 0 Å². The van der Waals surface area contributed by atoms with Gasteiger partial charge in [-0.05, 0) is 167 Å². The third-order valence-electron chi connectivity index (χ3n) is 19.2. The maximum atomic E-state index is 17.1. The first-order valence-electron chi connectivity index (χ1n) is 30.2. The number of hydrogen-bond acceptors (Lipinski definition) is 8. The number of halogens is 12. The van der Waals surface area contributed by atoms with Crippen molar-refractivity contribution in [2.24, 2.45) is 0 Å². The van der Waals surface area contributed by atoms with Gasteiger partial charge in [0.15, 0.2) is 0 Å². The van der Waals surface area contributed by atoms with E-state index in [-0.39, 0.29) is 97.6 Å². The number of rotatable bonds is 4. The average molecular weight is 1320 g/mol. The predicted molar refractivity (Wildman–Crippen MR) is 357 cm³/mol. The van der Waals surface area contributed by atoms with E-state index in [4.69, 9.17) is 9.47 Å². The van der Waals surface area contributed by atoms with Crippen LogP contribution in [0.15, 0.2) is 158 Å². The van der Waals surface area contributed by atoms with Gasteiger partial charge in [0.05, 0.1) is 22.1 Å². The van der Waals surface area contributed by atoms with E-state index < -0.39 is 113 Å². The Morgan fingerprint density at radius 2 is 0.615 bits per heavy atom. The number of anilines is 12. The van der Waals surface area contributed by atoms with Crippen LogP contribution in [0.25, 0.3) is 20.2 Å². The molecule has 6 aliphatic heterocycles. The molecule has 464 valence electrons. The van der Waals surface area contributed by atoms with Crippen LogP contribution in [0.4, 0.5) is 121 Å². The Labute approximate surface area is 545 Å². The number of fused-ring (bicyclic) bond motifs is 16. The fourth-order valence-electron chi connectivity index (χ4n) is 15.7. The molecule has 0 aliphatic carbocycles. The Morgan fingerprint density at radius 3 is 0.969 bits per heavy atom. The highest BCUT2D eigenvalue weighted by Gasteiger charge is 2.53. The fourth-order valence-corrected chi connectivity index (χ4v) is 18.4. The van der Waals surface area contributed by atoms with Crippen LogP contribution < -0.4 is 76.9 Å². The lowest BCUT2D eigenvalue weighted by molar-refractivity contribution is 0.464. The van der Waals surface area contributed by atoms with E-state index >= 15 is 52.7 Å². The molecule has 0 bridgehead atoms. The number of benzene rings is 11. The second kappa shape index (κ2) is 19.8. The Bertz CT molecular complexity index is 5380. The maximum absolute atomic E-state index is 17.1. The van der Waals surface area contributed by atoms with E-state index in [1.807, 2.05) is 6.92 Å². The van der Waals surface area contributed by atoms with Crippen LogP contribution in [0, 0.1) is 90.6 Å². The van der Waals surface area contributed by atoms with E-state index in [1.165, 1.54) is 43.9 Å². The molecule has 96 heavy (non-hydrogen) atoms. The van der Waals surface area contributed by atoms with Gasteiger partial charge in [0.25, 0.3) is 20.1 Å². The zero-order valence-electron chi connectivity index (χ0n) is 49.7. The highest BCUT2D eigenvalue weighted by molar-refractivity contribution is 7.34. The van der Waals surface area contributed by atoms with E-state index in [0.717, 1.165) is 83.3 Å². The molecule has 2 aromatic heterocycles. The van der Waals surface area contributed by atoms with Gasteiger partial charge in [-0.1, -0.05) is 36.4 Å². The second-order valence-electron chi connectivity index (χ2n) is 24.8. The van der Waals surface area contributed by atoms with Crippen LogP contribution in [-0.2, 0) is 0 Å². The molecule has 0 unspecified atom stereocenters. The minimum absolute atomic E-state index is 0.0140. The van der Waals surface area contributed by atoms with Gasteiger partial charge in [0, 0.05) is 82.8 Å². The van der Waals surface area contributed by atoms with Gasteiger partial charge in [0.2, 0.25) is 0 Å². The molecule has 0 radical (unpaired) electrons. The summed E-state index contributed by atoms with van der Waals surface area (Å²) in [6.45, 7) is 2.08. The van der Waals surface area contributed by atoms with E-state index in [1.54, 1.807) is 74.5 Å². The third kappa shape index (κ3) is 7.60. The molecule has 0 spiro atoms. The average Bonchev–Trinajstić information content (AvgIpc) is 1.31. The van der Waals surface area contributed by atoms with Crippen molar-refractivity contribution in [3.8, 4) is 23.0 Å². The van der Waals surface area contributed by atoms with Crippen LogP contribution in [0.5, 0.6) is 23.0 Å². The van der Waals surface area contributed by atoms with Gasteiger partial charge in [-0.3, -0.25) is 0 Å². The molecule has 0 amide bonds. The Kier molecular flexibility index (Phi) is 11.8. The molecule has 19 rings (SSSR count). The molecular weight excluding hydrogens is 1290 g/mol. The minimum Gasteiger partial charge on any atom is -0.458 e. The van der Waals surface area contributed by atoms with E-state index in [9.17, 15) is 0 Å². The van der Waals surface area contributed by atoms with Crippen LogP contribution in [-0.4, -0.2) is 20.1 Å². The summed E-state index contributed by atoms with van der Waals surface area (Å²) in [5.74, 6) is -11.1. The normalized spacial score (nSPS) is 14.0. The molecular formula is C73H35B3F12N4O2S2. The van der Waals surface area contributed by atoms with Gasteiger partial charge in [0.1, 0.15) is 116 Å². The van der Waals surface area contributed by atoms with Crippen molar-refractivity contribution in [1.29, 1.82) is 0 Å². The number of aryl methyl sites for hydroxylation is 3. The number of hydrogen-bond donors (Lipinski definition) is 0. The topological polar surface area (TPSA) is 31.4 Å². The van der Waals surface area contributed by atoms with Crippen molar-refractivity contribution >= 4 is 179 Å². The van der Waals surface area contributed by atoms with Crippen LogP contribution >= 0.6 is 22.7 Å². The summed E-state index contributed by atoms with van der Waals surface area (Å²) < 4.78 is 215. The molecule has 13 aromatic rings. The van der Waals surface area contributed by atoms with Crippen molar-refractivity contribution < 1.29 is 62.2 Å². The first kappa shape index (κ1) is 57.0. The molecule has 0 saturated carbocycles. The van der Waals surface area contributed by atoms with E-state index in [2.05, 4.69) is 0 Å². The molecule has 11 aromatic carbocycles. The monoisotopic (exact) mass is 1320 g/mol. The third-order valence-corrected chi connectivity index (χ3v) is 21.5. The molecule has 8 heterocycles. The summed E-state index contributed by atoms with van der Waals surface area (Å²) in [6, 6.07) is 34.0. The lowest BCUT2D eigenvalue weighted by atomic mass is 9.31. The summed E-state index contributed by atoms with van der Waals surface area (Å²) in [6.07, 6.45) is 0.